The van der Waals surface area contributed by atoms with Gasteiger partial charge in [0, 0.05) is 6.07 Å². The Balaban J connectivity index is 2.24. The highest BCUT2D eigenvalue weighted by Gasteiger charge is 2.24. The Morgan fingerprint density at radius 1 is 1.27 bits per heavy atom. The van der Waals surface area contributed by atoms with Crippen LogP contribution in [0.25, 0.3) is 0 Å². The van der Waals surface area contributed by atoms with E-state index in [9.17, 15) is 5.11 Å². The maximum Gasteiger partial charge on any atom is 0.122 e. The number of oxime groups is 1. The molecule has 3 N–H and O–H groups in total. The lowest BCUT2D eigenvalue weighted by Gasteiger charge is -2.10. The summed E-state index contributed by atoms with van der Waals surface area (Å²) in [5.74, 6) is 0.362. The zero-order valence-corrected chi connectivity index (χ0v) is 8.22. The van der Waals surface area contributed by atoms with Gasteiger partial charge >= 0.3 is 0 Å². The van der Waals surface area contributed by atoms with Crippen molar-refractivity contribution in [1.82, 2.24) is 0 Å². The van der Waals surface area contributed by atoms with E-state index in [-0.39, 0.29) is 17.4 Å². The number of benzene rings is 1. The highest BCUT2D eigenvalue weighted by atomic mass is 16.4. The van der Waals surface area contributed by atoms with E-state index < -0.39 is 0 Å². The molecular weight excluding hydrogens is 194 g/mol. The Labute approximate surface area is 87.5 Å². The van der Waals surface area contributed by atoms with Crippen LogP contribution >= 0.6 is 0 Å². The average molecular weight is 207 g/mol. The molecule has 1 fully saturated rings. The third-order valence-corrected chi connectivity index (χ3v) is 2.86. The van der Waals surface area contributed by atoms with Gasteiger partial charge in [-0.25, -0.2) is 0 Å². The van der Waals surface area contributed by atoms with Crippen molar-refractivity contribution >= 4 is 5.71 Å². The lowest BCUT2D eigenvalue weighted by molar-refractivity contribution is 0.317. The van der Waals surface area contributed by atoms with E-state index in [1.807, 2.05) is 0 Å². The molecule has 4 heteroatoms. The van der Waals surface area contributed by atoms with Crippen LogP contribution in [0.2, 0.25) is 0 Å². The largest absolute Gasteiger partial charge is 0.508 e. The molecule has 15 heavy (non-hydrogen) atoms. The van der Waals surface area contributed by atoms with Crippen LogP contribution in [-0.4, -0.2) is 21.1 Å². The third-order valence-electron chi connectivity index (χ3n) is 2.86. The molecule has 2 rings (SSSR count). The summed E-state index contributed by atoms with van der Waals surface area (Å²) < 4.78 is 0. The summed E-state index contributed by atoms with van der Waals surface area (Å²) in [7, 11) is 0. The molecule has 0 saturated heterocycles. The van der Waals surface area contributed by atoms with Crippen LogP contribution in [0.5, 0.6) is 11.5 Å². The van der Waals surface area contributed by atoms with E-state index in [0.29, 0.717) is 6.42 Å². The number of nitrogens with zero attached hydrogens (tertiary/aromatic N) is 1. The monoisotopic (exact) mass is 207 g/mol. The smallest absolute Gasteiger partial charge is 0.122 e. The third kappa shape index (κ3) is 1.88. The highest BCUT2D eigenvalue weighted by Crippen LogP contribution is 2.38. The second kappa shape index (κ2) is 3.81. The van der Waals surface area contributed by atoms with Gasteiger partial charge in [0.15, 0.2) is 0 Å². The average Bonchev–Trinajstić information content (AvgIpc) is 2.66. The number of rotatable bonds is 1. The van der Waals surface area contributed by atoms with E-state index in [4.69, 9.17) is 10.3 Å². The molecule has 1 saturated carbocycles. The summed E-state index contributed by atoms with van der Waals surface area (Å²) in [6.45, 7) is 0. The first-order valence-electron chi connectivity index (χ1n) is 4.92. The van der Waals surface area contributed by atoms with Gasteiger partial charge in [-0.15, -0.1) is 0 Å². The first kappa shape index (κ1) is 9.83. The summed E-state index contributed by atoms with van der Waals surface area (Å²) in [6.07, 6.45) is 2.31. The lowest BCUT2D eigenvalue weighted by Crippen LogP contribution is -1.95. The lowest BCUT2D eigenvalue weighted by atomic mass is 9.96. The van der Waals surface area contributed by atoms with E-state index in [2.05, 4.69) is 5.16 Å². The summed E-state index contributed by atoms with van der Waals surface area (Å²) in [4.78, 5) is 0. The molecule has 1 aromatic rings. The van der Waals surface area contributed by atoms with Gasteiger partial charge in [-0.3, -0.25) is 0 Å². The first-order chi connectivity index (χ1) is 7.20. The van der Waals surface area contributed by atoms with Gasteiger partial charge < -0.3 is 15.4 Å². The van der Waals surface area contributed by atoms with Crippen LogP contribution in [0.15, 0.2) is 23.4 Å². The van der Waals surface area contributed by atoms with Crippen molar-refractivity contribution in [2.75, 3.05) is 0 Å². The SMILES string of the molecule is O/N=C1\CCC(c2ccc(O)cc2O)C1. The zero-order valence-electron chi connectivity index (χ0n) is 8.22. The predicted molar refractivity (Wildman–Crippen MR) is 55.6 cm³/mol. The number of aromatic hydroxyl groups is 2. The quantitative estimate of drug-likeness (QED) is 0.488. The molecule has 0 radical (unpaired) electrons. The standard InChI is InChI=1S/C11H13NO3/c13-9-3-4-10(11(14)6-9)7-1-2-8(5-7)12-15/h3-4,6-7,13-15H,1-2,5H2/b12-8+. The van der Waals surface area contributed by atoms with Crippen molar-refractivity contribution in [2.24, 2.45) is 5.16 Å². The van der Waals surface area contributed by atoms with Gasteiger partial charge in [0.1, 0.15) is 11.5 Å². The van der Waals surface area contributed by atoms with Gasteiger partial charge in [0.2, 0.25) is 0 Å². The van der Waals surface area contributed by atoms with E-state index >= 15 is 0 Å². The minimum atomic E-state index is 0.0605. The number of hydrogen-bond acceptors (Lipinski definition) is 4. The molecule has 4 nitrogen and oxygen atoms in total. The van der Waals surface area contributed by atoms with Crippen LogP contribution in [0.4, 0.5) is 0 Å². The fourth-order valence-electron chi connectivity index (χ4n) is 2.06. The van der Waals surface area contributed by atoms with Crippen LogP contribution in [-0.2, 0) is 0 Å². The van der Waals surface area contributed by atoms with E-state index in [0.717, 1.165) is 24.1 Å². The second-order valence-electron chi connectivity index (χ2n) is 3.85. The molecule has 1 aliphatic rings. The van der Waals surface area contributed by atoms with Crippen molar-refractivity contribution in [3.05, 3.63) is 23.8 Å². The van der Waals surface area contributed by atoms with Crippen LogP contribution in [0.3, 0.4) is 0 Å². The summed E-state index contributed by atoms with van der Waals surface area (Å²) in [6, 6.07) is 4.61. The van der Waals surface area contributed by atoms with Gasteiger partial charge in [0.05, 0.1) is 5.71 Å². The van der Waals surface area contributed by atoms with E-state index in [1.165, 1.54) is 6.07 Å². The van der Waals surface area contributed by atoms with Crippen molar-refractivity contribution in [3.63, 3.8) is 0 Å². The molecular formula is C11H13NO3. The Morgan fingerprint density at radius 3 is 2.67 bits per heavy atom. The number of phenols is 2. The Bertz CT molecular complexity index is 401. The molecule has 0 bridgehead atoms. The van der Waals surface area contributed by atoms with Gasteiger partial charge in [-0.2, -0.15) is 0 Å². The molecule has 0 spiro atoms. The molecule has 1 atom stereocenters. The van der Waals surface area contributed by atoms with Crippen LogP contribution in [0.1, 0.15) is 30.7 Å². The fourth-order valence-corrected chi connectivity index (χ4v) is 2.06. The van der Waals surface area contributed by atoms with Gasteiger partial charge in [0.25, 0.3) is 0 Å². The normalized spacial score (nSPS) is 23.5. The van der Waals surface area contributed by atoms with Crippen molar-refractivity contribution in [1.29, 1.82) is 0 Å². The minimum Gasteiger partial charge on any atom is -0.508 e. The number of phenolic OH excluding ortho intramolecular Hbond substituents is 2. The molecule has 0 aliphatic heterocycles. The molecule has 0 amide bonds. The molecule has 0 aromatic heterocycles. The molecule has 1 unspecified atom stereocenters. The first-order valence-corrected chi connectivity index (χ1v) is 4.92. The van der Waals surface area contributed by atoms with Crippen molar-refractivity contribution in [3.8, 4) is 11.5 Å². The second-order valence-corrected chi connectivity index (χ2v) is 3.85. The predicted octanol–water partition coefficient (Wildman–Crippen LogP) is 2.20. The number of hydrogen-bond donors (Lipinski definition) is 3. The maximum absolute atomic E-state index is 9.65. The van der Waals surface area contributed by atoms with Crippen LogP contribution < -0.4 is 0 Å². The topological polar surface area (TPSA) is 73.1 Å². The van der Waals surface area contributed by atoms with Crippen LogP contribution in [0, 0.1) is 0 Å². The van der Waals surface area contributed by atoms with Gasteiger partial charge in [-0.1, -0.05) is 11.2 Å². The Hall–Kier alpha value is -1.71. The molecule has 80 valence electrons. The molecule has 1 aliphatic carbocycles. The van der Waals surface area contributed by atoms with Crippen molar-refractivity contribution in [2.45, 2.75) is 25.2 Å². The van der Waals surface area contributed by atoms with Gasteiger partial charge in [-0.05, 0) is 36.8 Å². The highest BCUT2D eigenvalue weighted by molar-refractivity contribution is 5.87. The Kier molecular flexibility index (Phi) is 2.49. The van der Waals surface area contributed by atoms with Crippen molar-refractivity contribution < 1.29 is 15.4 Å². The summed E-state index contributed by atoms with van der Waals surface area (Å²) in [5, 5.41) is 30.6. The summed E-state index contributed by atoms with van der Waals surface area (Å²) in [5.41, 5.74) is 1.58. The zero-order chi connectivity index (χ0) is 10.8. The summed E-state index contributed by atoms with van der Waals surface area (Å²) >= 11 is 0. The Morgan fingerprint density at radius 2 is 2.07 bits per heavy atom. The fraction of sp³-hybridized carbons (Fsp3) is 0.364. The maximum atomic E-state index is 9.65. The van der Waals surface area contributed by atoms with E-state index in [1.54, 1.807) is 12.1 Å². The minimum absolute atomic E-state index is 0.0605. The molecule has 0 heterocycles. The molecule has 1 aromatic carbocycles.